The average Bonchev–Trinajstić information content (AvgIpc) is 2.25. The molecule has 0 bridgehead atoms. The number of hydrazine groups is 1. The number of hydrogen-bond donors (Lipinski definition) is 3. The van der Waals surface area contributed by atoms with Crippen LogP contribution in [0.25, 0.3) is 0 Å². The Morgan fingerprint density at radius 1 is 1.19 bits per heavy atom. The van der Waals surface area contributed by atoms with E-state index in [9.17, 15) is 4.79 Å². The zero-order chi connectivity index (χ0) is 12.2. The Balaban J connectivity index is 2.73. The number of hydrogen-bond acceptors (Lipinski definition) is 3. The van der Waals surface area contributed by atoms with Crippen molar-refractivity contribution in [2.24, 2.45) is 0 Å². The van der Waals surface area contributed by atoms with Gasteiger partial charge in [0.1, 0.15) is 0 Å². The average molecular weight is 221 g/mol. The molecule has 0 unspecified atom stereocenters. The van der Waals surface area contributed by atoms with E-state index in [1.807, 2.05) is 39.0 Å². The van der Waals surface area contributed by atoms with E-state index in [1.54, 1.807) is 13.1 Å². The van der Waals surface area contributed by atoms with E-state index in [0.29, 0.717) is 5.56 Å². The van der Waals surface area contributed by atoms with Gasteiger partial charge >= 0.3 is 0 Å². The lowest BCUT2D eigenvalue weighted by Gasteiger charge is -2.21. The van der Waals surface area contributed by atoms with Gasteiger partial charge in [-0.15, -0.1) is 0 Å². The van der Waals surface area contributed by atoms with Crippen LogP contribution in [-0.2, 0) is 0 Å². The van der Waals surface area contributed by atoms with E-state index >= 15 is 0 Å². The number of para-hydroxylation sites is 1. The molecule has 1 amide bonds. The summed E-state index contributed by atoms with van der Waals surface area (Å²) in [4.78, 5) is 11.9. The van der Waals surface area contributed by atoms with E-state index in [-0.39, 0.29) is 11.4 Å². The van der Waals surface area contributed by atoms with E-state index in [4.69, 9.17) is 0 Å². The lowest BCUT2D eigenvalue weighted by Crippen LogP contribution is -2.48. The van der Waals surface area contributed by atoms with Gasteiger partial charge in [0.25, 0.3) is 5.91 Å². The number of benzene rings is 1. The summed E-state index contributed by atoms with van der Waals surface area (Å²) in [7, 11) is 1.79. The van der Waals surface area contributed by atoms with E-state index in [2.05, 4.69) is 16.2 Å². The van der Waals surface area contributed by atoms with Gasteiger partial charge in [0.05, 0.1) is 5.56 Å². The second-order valence-electron chi connectivity index (χ2n) is 4.62. The maximum atomic E-state index is 11.9. The molecule has 16 heavy (non-hydrogen) atoms. The summed E-state index contributed by atoms with van der Waals surface area (Å²) in [5.41, 5.74) is 6.92. The third kappa shape index (κ3) is 3.55. The van der Waals surface area contributed by atoms with Crippen molar-refractivity contribution in [3.05, 3.63) is 29.8 Å². The Bertz CT molecular complexity index is 369. The molecule has 0 aliphatic heterocycles. The Labute approximate surface area is 96.4 Å². The quantitative estimate of drug-likeness (QED) is 0.682. The number of anilines is 1. The highest BCUT2D eigenvalue weighted by atomic mass is 16.2. The zero-order valence-electron chi connectivity index (χ0n) is 10.2. The SMILES string of the molecule is CNc1ccccc1C(=O)NNC(C)(C)C. The summed E-state index contributed by atoms with van der Waals surface area (Å²) in [6.07, 6.45) is 0. The topological polar surface area (TPSA) is 53.2 Å². The first-order valence-electron chi connectivity index (χ1n) is 5.28. The van der Waals surface area contributed by atoms with Gasteiger partial charge in [-0.05, 0) is 32.9 Å². The van der Waals surface area contributed by atoms with Crippen LogP contribution in [0.15, 0.2) is 24.3 Å². The van der Waals surface area contributed by atoms with Crippen LogP contribution >= 0.6 is 0 Å². The molecule has 0 spiro atoms. The molecule has 1 aromatic rings. The molecule has 0 aromatic heterocycles. The lowest BCUT2D eigenvalue weighted by molar-refractivity contribution is 0.0915. The van der Waals surface area contributed by atoms with Crippen LogP contribution in [0, 0.1) is 0 Å². The summed E-state index contributed by atoms with van der Waals surface area (Å²) in [6, 6.07) is 7.38. The molecule has 0 heterocycles. The Morgan fingerprint density at radius 2 is 1.81 bits per heavy atom. The molecular weight excluding hydrogens is 202 g/mol. The number of nitrogens with one attached hydrogen (secondary N) is 3. The number of amides is 1. The van der Waals surface area contributed by atoms with Gasteiger partial charge in [-0.25, -0.2) is 5.43 Å². The minimum atomic E-state index is -0.149. The van der Waals surface area contributed by atoms with Crippen LogP contribution in [0.1, 0.15) is 31.1 Å². The predicted octanol–water partition coefficient (Wildman–Crippen LogP) is 1.76. The zero-order valence-corrected chi connectivity index (χ0v) is 10.2. The van der Waals surface area contributed by atoms with Crippen molar-refractivity contribution in [3.63, 3.8) is 0 Å². The third-order valence-corrected chi connectivity index (χ3v) is 1.99. The molecule has 4 heteroatoms. The Morgan fingerprint density at radius 3 is 2.38 bits per heavy atom. The summed E-state index contributed by atoms with van der Waals surface area (Å²) in [5, 5.41) is 2.99. The highest BCUT2D eigenvalue weighted by Crippen LogP contribution is 2.13. The predicted molar refractivity (Wildman–Crippen MR) is 66.3 cm³/mol. The molecule has 0 fully saturated rings. The largest absolute Gasteiger partial charge is 0.387 e. The summed E-state index contributed by atoms with van der Waals surface area (Å²) < 4.78 is 0. The van der Waals surface area contributed by atoms with Crippen molar-refractivity contribution in [2.45, 2.75) is 26.3 Å². The molecule has 0 saturated carbocycles. The monoisotopic (exact) mass is 221 g/mol. The van der Waals surface area contributed by atoms with E-state index in [0.717, 1.165) is 5.69 Å². The highest BCUT2D eigenvalue weighted by molar-refractivity contribution is 5.99. The molecule has 0 saturated heterocycles. The molecule has 1 aromatic carbocycles. The smallest absolute Gasteiger partial charge is 0.267 e. The molecule has 0 radical (unpaired) electrons. The summed E-state index contributed by atoms with van der Waals surface area (Å²) >= 11 is 0. The summed E-state index contributed by atoms with van der Waals surface area (Å²) in [5.74, 6) is -0.139. The standard InChI is InChI=1S/C12H19N3O/c1-12(2,3)15-14-11(16)9-7-5-6-8-10(9)13-4/h5-8,13,15H,1-4H3,(H,14,16). The maximum absolute atomic E-state index is 11.9. The van der Waals surface area contributed by atoms with Gasteiger partial charge in [-0.3, -0.25) is 10.2 Å². The molecule has 0 atom stereocenters. The molecule has 0 aliphatic carbocycles. The van der Waals surface area contributed by atoms with Crippen molar-refractivity contribution in [2.75, 3.05) is 12.4 Å². The first kappa shape index (κ1) is 12.5. The Hall–Kier alpha value is -1.55. The highest BCUT2D eigenvalue weighted by Gasteiger charge is 2.13. The second kappa shape index (κ2) is 4.99. The molecule has 3 N–H and O–H groups in total. The van der Waals surface area contributed by atoms with Gasteiger partial charge < -0.3 is 5.32 Å². The van der Waals surface area contributed by atoms with Gasteiger partial charge in [0.15, 0.2) is 0 Å². The van der Waals surface area contributed by atoms with Crippen LogP contribution in [0.3, 0.4) is 0 Å². The first-order chi connectivity index (χ1) is 7.44. The lowest BCUT2D eigenvalue weighted by atomic mass is 10.1. The van der Waals surface area contributed by atoms with Crippen molar-refractivity contribution in [1.29, 1.82) is 0 Å². The Kier molecular flexibility index (Phi) is 3.90. The van der Waals surface area contributed by atoms with Crippen molar-refractivity contribution >= 4 is 11.6 Å². The van der Waals surface area contributed by atoms with Gasteiger partial charge in [0, 0.05) is 18.3 Å². The summed E-state index contributed by atoms with van der Waals surface area (Å²) in [6.45, 7) is 5.95. The number of carbonyl (C=O) groups is 1. The fourth-order valence-electron chi connectivity index (χ4n) is 1.21. The van der Waals surface area contributed by atoms with Crippen molar-refractivity contribution in [3.8, 4) is 0 Å². The molecule has 88 valence electrons. The van der Waals surface area contributed by atoms with E-state index < -0.39 is 0 Å². The molecule has 4 nitrogen and oxygen atoms in total. The van der Waals surface area contributed by atoms with Gasteiger partial charge in [-0.1, -0.05) is 12.1 Å². The van der Waals surface area contributed by atoms with Crippen LogP contribution < -0.4 is 16.2 Å². The fraction of sp³-hybridized carbons (Fsp3) is 0.417. The second-order valence-corrected chi connectivity index (χ2v) is 4.62. The number of carbonyl (C=O) groups excluding carboxylic acids is 1. The van der Waals surface area contributed by atoms with Crippen molar-refractivity contribution < 1.29 is 4.79 Å². The third-order valence-electron chi connectivity index (χ3n) is 1.99. The van der Waals surface area contributed by atoms with Crippen LogP contribution in [0.2, 0.25) is 0 Å². The minimum absolute atomic E-state index is 0.139. The molecule has 1 rings (SSSR count). The van der Waals surface area contributed by atoms with Gasteiger partial charge in [0.2, 0.25) is 0 Å². The minimum Gasteiger partial charge on any atom is -0.387 e. The maximum Gasteiger partial charge on any atom is 0.267 e. The van der Waals surface area contributed by atoms with Gasteiger partial charge in [-0.2, -0.15) is 0 Å². The normalized spacial score (nSPS) is 11.0. The molecule has 0 aliphatic rings. The number of rotatable bonds is 3. The first-order valence-corrected chi connectivity index (χ1v) is 5.28. The fourth-order valence-corrected chi connectivity index (χ4v) is 1.21. The molecular formula is C12H19N3O. The van der Waals surface area contributed by atoms with Crippen LogP contribution in [0.5, 0.6) is 0 Å². The van der Waals surface area contributed by atoms with Crippen LogP contribution in [-0.4, -0.2) is 18.5 Å². The van der Waals surface area contributed by atoms with E-state index in [1.165, 1.54) is 0 Å². The van der Waals surface area contributed by atoms with Crippen molar-refractivity contribution in [1.82, 2.24) is 10.9 Å². The van der Waals surface area contributed by atoms with Crippen LogP contribution in [0.4, 0.5) is 5.69 Å².